The molecule has 0 saturated carbocycles. The number of aromatic nitrogens is 1. The van der Waals surface area contributed by atoms with Crippen molar-refractivity contribution in [2.75, 3.05) is 43.4 Å². The van der Waals surface area contributed by atoms with E-state index < -0.39 is 0 Å². The van der Waals surface area contributed by atoms with Gasteiger partial charge in [-0.05, 0) is 86.0 Å². The number of likely N-dealkylation sites (N-methyl/N-ethyl adjacent to an activating group) is 1. The molecular weight excluding hydrogens is 486 g/mol. The number of nitrogens with zero attached hydrogens (tertiary/aromatic N) is 3. The van der Waals surface area contributed by atoms with Gasteiger partial charge in [0.15, 0.2) is 0 Å². The summed E-state index contributed by atoms with van der Waals surface area (Å²) in [6, 6.07) is 17.6. The number of hydrogen-bond donors (Lipinski definition) is 2. The molecule has 2 amide bonds. The van der Waals surface area contributed by atoms with Crippen molar-refractivity contribution < 1.29 is 9.59 Å². The molecule has 2 heterocycles. The van der Waals surface area contributed by atoms with Crippen LogP contribution in [-0.4, -0.2) is 54.9 Å². The third kappa shape index (κ3) is 8.65. The van der Waals surface area contributed by atoms with E-state index in [0.717, 1.165) is 60.7 Å². The fourth-order valence-electron chi connectivity index (χ4n) is 4.61. The molecule has 4 rings (SSSR count). The first-order valence-electron chi connectivity index (χ1n) is 14.0. The third-order valence-electron chi connectivity index (χ3n) is 7.12. The predicted octanol–water partition coefficient (Wildman–Crippen LogP) is 5.31. The lowest BCUT2D eigenvalue weighted by atomic mass is 9.97. The molecule has 208 valence electrons. The number of carbonyl (C=O) groups excluding carboxylic acids is 2. The van der Waals surface area contributed by atoms with Crippen LogP contribution in [0, 0.1) is 12.8 Å². The summed E-state index contributed by atoms with van der Waals surface area (Å²) >= 11 is 0. The lowest BCUT2D eigenvalue weighted by molar-refractivity contribution is -0.119. The normalized spacial score (nSPS) is 14.1. The first kappa shape index (κ1) is 29.8. The highest BCUT2D eigenvalue weighted by Gasteiger charge is 2.18. The average Bonchev–Trinajstić information content (AvgIpc) is 2.97. The lowest BCUT2D eigenvalue weighted by Gasteiger charge is -2.34. The van der Waals surface area contributed by atoms with E-state index in [4.69, 9.17) is 0 Å². The van der Waals surface area contributed by atoms with Gasteiger partial charge in [-0.2, -0.15) is 0 Å². The number of piperazine rings is 1. The molecule has 0 spiro atoms. The summed E-state index contributed by atoms with van der Waals surface area (Å²) in [5.74, 6) is -0.208. The molecule has 2 N–H and O–H groups in total. The number of benzene rings is 2. The second-order valence-corrected chi connectivity index (χ2v) is 9.82. The number of rotatable bonds is 9. The number of nitrogens with one attached hydrogen (secondary N) is 2. The maximum absolute atomic E-state index is 12.9. The summed E-state index contributed by atoms with van der Waals surface area (Å²) in [6.07, 6.45) is 4.96. The van der Waals surface area contributed by atoms with E-state index in [0.29, 0.717) is 18.5 Å². The van der Waals surface area contributed by atoms with Crippen LogP contribution in [0.15, 0.2) is 67.0 Å². The quantitative estimate of drug-likeness (QED) is 0.393. The van der Waals surface area contributed by atoms with E-state index in [1.807, 2.05) is 88.5 Å². The molecule has 7 heteroatoms. The van der Waals surface area contributed by atoms with E-state index in [-0.39, 0.29) is 17.7 Å². The van der Waals surface area contributed by atoms with E-state index >= 15 is 0 Å². The highest BCUT2D eigenvalue weighted by Crippen LogP contribution is 2.20. The van der Waals surface area contributed by atoms with Crippen LogP contribution >= 0.6 is 0 Å². The summed E-state index contributed by atoms with van der Waals surface area (Å²) in [7, 11) is 2.14. The molecule has 1 fully saturated rings. The van der Waals surface area contributed by atoms with Crippen molar-refractivity contribution in [2.45, 2.75) is 47.1 Å². The number of hydrogen-bond acceptors (Lipinski definition) is 5. The Hall–Kier alpha value is -3.71. The molecule has 3 aromatic rings. The molecule has 0 radical (unpaired) electrons. The standard InChI is InChI=1S/C30H37N5O2.C2H6/c1-4-24(19-23-6-5-13-31-20-23)30(37)33-27-10-7-26(22(2)18-27)21-32-29(36)25-8-11-28(12-9-25)35-16-14-34(3)15-17-35;1-2/h5-13,18,20,24H,4,14-17,19,21H2,1-3H3,(H,32,36)(H,33,37);1-2H3. The zero-order valence-corrected chi connectivity index (χ0v) is 24.0. The maximum Gasteiger partial charge on any atom is 0.251 e. The third-order valence-corrected chi connectivity index (χ3v) is 7.12. The fourth-order valence-corrected chi connectivity index (χ4v) is 4.61. The Morgan fingerprint density at radius 3 is 2.33 bits per heavy atom. The Bertz CT molecular complexity index is 1190. The zero-order chi connectivity index (χ0) is 28.2. The van der Waals surface area contributed by atoms with Gasteiger partial charge in [-0.15, -0.1) is 0 Å². The molecule has 1 saturated heterocycles. The number of anilines is 2. The van der Waals surface area contributed by atoms with Gasteiger partial charge in [-0.25, -0.2) is 0 Å². The summed E-state index contributed by atoms with van der Waals surface area (Å²) in [4.78, 5) is 34.4. The van der Waals surface area contributed by atoms with Gasteiger partial charge in [0, 0.05) is 68.0 Å². The summed E-state index contributed by atoms with van der Waals surface area (Å²) in [5.41, 5.74) is 5.66. The van der Waals surface area contributed by atoms with Crippen molar-refractivity contribution >= 4 is 23.2 Å². The minimum atomic E-state index is -0.119. The van der Waals surface area contributed by atoms with Crippen molar-refractivity contribution in [3.05, 3.63) is 89.2 Å². The van der Waals surface area contributed by atoms with Gasteiger partial charge in [-0.3, -0.25) is 14.6 Å². The first-order chi connectivity index (χ1) is 18.9. The topological polar surface area (TPSA) is 77.6 Å². The van der Waals surface area contributed by atoms with E-state index in [2.05, 4.69) is 32.5 Å². The van der Waals surface area contributed by atoms with Crippen LogP contribution in [0.3, 0.4) is 0 Å². The van der Waals surface area contributed by atoms with Crippen molar-refractivity contribution in [3.63, 3.8) is 0 Å². The summed E-state index contributed by atoms with van der Waals surface area (Å²) < 4.78 is 0. The molecular formula is C32H43N5O2. The monoisotopic (exact) mass is 529 g/mol. The molecule has 1 aromatic heterocycles. The minimum Gasteiger partial charge on any atom is -0.369 e. The molecule has 1 atom stereocenters. The largest absolute Gasteiger partial charge is 0.369 e. The molecule has 1 unspecified atom stereocenters. The average molecular weight is 530 g/mol. The van der Waals surface area contributed by atoms with Gasteiger partial charge in [-0.1, -0.05) is 32.9 Å². The Labute approximate surface area is 233 Å². The predicted molar refractivity (Wildman–Crippen MR) is 160 cm³/mol. The molecule has 2 aromatic carbocycles. The Morgan fingerprint density at radius 2 is 1.72 bits per heavy atom. The number of aryl methyl sites for hydroxylation is 1. The van der Waals surface area contributed by atoms with Crippen LogP contribution in [0.2, 0.25) is 0 Å². The Morgan fingerprint density at radius 1 is 1.00 bits per heavy atom. The van der Waals surface area contributed by atoms with Crippen LogP contribution in [-0.2, 0) is 17.8 Å². The van der Waals surface area contributed by atoms with Gasteiger partial charge < -0.3 is 20.4 Å². The van der Waals surface area contributed by atoms with Crippen LogP contribution in [0.1, 0.15) is 54.2 Å². The van der Waals surface area contributed by atoms with Gasteiger partial charge >= 0.3 is 0 Å². The molecule has 39 heavy (non-hydrogen) atoms. The SMILES string of the molecule is CC.CCC(Cc1cccnc1)C(=O)Nc1ccc(CNC(=O)c2ccc(N3CCN(C)CC3)cc2)c(C)c1. The molecule has 0 aliphatic carbocycles. The molecule has 7 nitrogen and oxygen atoms in total. The van der Waals surface area contributed by atoms with Crippen molar-refractivity contribution in [2.24, 2.45) is 5.92 Å². The van der Waals surface area contributed by atoms with Crippen molar-refractivity contribution in [3.8, 4) is 0 Å². The highest BCUT2D eigenvalue weighted by molar-refractivity contribution is 5.94. The zero-order valence-electron chi connectivity index (χ0n) is 24.0. The van der Waals surface area contributed by atoms with Gasteiger partial charge in [0.2, 0.25) is 5.91 Å². The van der Waals surface area contributed by atoms with E-state index in [1.54, 1.807) is 6.20 Å². The van der Waals surface area contributed by atoms with E-state index in [9.17, 15) is 9.59 Å². The van der Waals surface area contributed by atoms with E-state index in [1.165, 1.54) is 0 Å². The van der Waals surface area contributed by atoms with Crippen molar-refractivity contribution in [1.29, 1.82) is 0 Å². The summed E-state index contributed by atoms with van der Waals surface area (Å²) in [5, 5.41) is 6.08. The maximum atomic E-state index is 12.9. The number of pyridine rings is 1. The Balaban J connectivity index is 0.00000205. The van der Waals surface area contributed by atoms with Crippen LogP contribution in [0.4, 0.5) is 11.4 Å². The van der Waals surface area contributed by atoms with Crippen LogP contribution in [0.25, 0.3) is 0 Å². The lowest BCUT2D eigenvalue weighted by Crippen LogP contribution is -2.44. The van der Waals surface area contributed by atoms with Gasteiger partial charge in [0.25, 0.3) is 5.91 Å². The molecule has 1 aliphatic rings. The number of carbonyl (C=O) groups is 2. The number of amides is 2. The first-order valence-corrected chi connectivity index (χ1v) is 14.0. The minimum absolute atomic E-state index is 0.00632. The highest BCUT2D eigenvalue weighted by atomic mass is 16.2. The van der Waals surface area contributed by atoms with Gasteiger partial charge in [0.1, 0.15) is 0 Å². The van der Waals surface area contributed by atoms with Crippen LogP contribution in [0.5, 0.6) is 0 Å². The van der Waals surface area contributed by atoms with Gasteiger partial charge in [0.05, 0.1) is 0 Å². The van der Waals surface area contributed by atoms with Crippen molar-refractivity contribution in [1.82, 2.24) is 15.2 Å². The molecule has 1 aliphatic heterocycles. The summed E-state index contributed by atoms with van der Waals surface area (Å²) in [6.45, 7) is 12.6. The molecule has 0 bridgehead atoms. The smallest absolute Gasteiger partial charge is 0.251 e. The second-order valence-electron chi connectivity index (χ2n) is 9.82. The van der Waals surface area contributed by atoms with Crippen LogP contribution < -0.4 is 15.5 Å². The fraction of sp³-hybridized carbons (Fsp3) is 0.406. The second kappa shape index (κ2) is 15.0. The Kier molecular flexibility index (Phi) is 11.5.